The highest BCUT2D eigenvalue weighted by Gasteiger charge is 2.48. The summed E-state index contributed by atoms with van der Waals surface area (Å²) in [5.74, 6) is -3.70. The van der Waals surface area contributed by atoms with E-state index in [0.29, 0.717) is 25.0 Å². The fraction of sp³-hybridized carbons (Fsp3) is 0.455. The molecule has 1 aromatic carbocycles. The van der Waals surface area contributed by atoms with Crippen LogP contribution in [0.3, 0.4) is 0 Å². The minimum Gasteiger partial charge on any atom is -0.201 e. The zero-order valence-corrected chi connectivity index (χ0v) is 8.19. The van der Waals surface area contributed by atoms with Crippen LogP contribution in [-0.4, -0.2) is 0 Å². The van der Waals surface area contributed by atoms with E-state index in [1.165, 1.54) is 0 Å². The van der Waals surface area contributed by atoms with Crippen LogP contribution in [0.4, 0.5) is 22.0 Å². The SMILES string of the molecule is FC(F)(F)c1ccc(C(F)(F)C2CC2)cc1. The summed E-state index contributed by atoms with van der Waals surface area (Å²) in [7, 11) is 0. The molecule has 0 aliphatic heterocycles. The number of alkyl halides is 5. The Labute approximate surface area is 89.1 Å². The lowest BCUT2D eigenvalue weighted by Crippen LogP contribution is -2.16. The molecular formula is C11H9F5. The summed E-state index contributed by atoms with van der Waals surface area (Å²) >= 11 is 0. The minimum absolute atomic E-state index is 0.331. The van der Waals surface area contributed by atoms with E-state index >= 15 is 0 Å². The zero-order valence-electron chi connectivity index (χ0n) is 8.19. The highest BCUT2D eigenvalue weighted by atomic mass is 19.4. The van der Waals surface area contributed by atoms with Crippen LogP contribution in [0, 0.1) is 5.92 Å². The smallest absolute Gasteiger partial charge is 0.201 e. The lowest BCUT2D eigenvalue weighted by molar-refractivity contribution is -0.137. The Balaban J connectivity index is 2.25. The highest BCUT2D eigenvalue weighted by Crippen LogP contribution is 2.49. The first-order valence-corrected chi connectivity index (χ1v) is 4.87. The second-order valence-electron chi connectivity index (χ2n) is 3.97. The molecule has 1 fully saturated rings. The molecule has 0 heterocycles. The standard InChI is InChI=1S/C11H9F5/c12-10(13,7-1-2-7)8-3-5-9(6-4-8)11(14,15)16/h3-7H,1-2H2. The molecule has 0 bridgehead atoms. The number of benzene rings is 1. The topological polar surface area (TPSA) is 0 Å². The van der Waals surface area contributed by atoms with Gasteiger partial charge in [-0.2, -0.15) is 13.2 Å². The van der Waals surface area contributed by atoms with Crippen LogP contribution in [0.5, 0.6) is 0 Å². The van der Waals surface area contributed by atoms with Gasteiger partial charge in [0.25, 0.3) is 5.92 Å². The average molecular weight is 236 g/mol. The van der Waals surface area contributed by atoms with Gasteiger partial charge in [-0.25, -0.2) is 8.78 Å². The summed E-state index contributed by atoms with van der Waals surface area (Å²) in [5.41, 5.74) is -1.23. The van der Waals surface area contributed by atoms with E-state index in [4.69, 9.17) is 0 Å². The fourth-order valence-corrected chi connectivity index (χ4v) is 1.56. The predicted molar refractivity (Wildman–Crippen MR) is 48.1 cm³/mol. The second-order valence-corrected chi connectivity index (χ2v) is 3.97. The Morgan fingerprint density at radius 1 is 0.812 bits per heavy atom. The number of halogens is 5. The number of hydrogen-bond donors (Lipinski definition) is 0. The van der Waals surface area contributed by atoms with Gasteiger partial charge >= 0.3 is 6.18 Å². The van der Waals surface area contributed by atoms with Crippen LogP contribution >= 0.6 is 0 Å². The van der Waals surface area contributed by atoms with Crippen LogP contribution in [0.15, 0.2) is 24.3 Å². The highest BCUT2D eigenvalue weighted by molar-refractivity contribution is 5.28. The van der Waals surface area contributed by atoms with Crippen LogP contribution in [-0.2, 0) is 12.1 Å². The quantitative estimate of drug-likeness (QED) is 0.675. The van der Waals surface area contributed by atoms with E-state index in [1.54, 1.807) is 0 Å². The van der Waals surface area contributed by atoms with E-state index in [1.807, 2.05) is 0 Å². The van der Waals surface area contributed by atoms with Crippen molar-refractivity contribution < 1.29 is 22.0 Å². The predicted octanol–water partition coefficient (Wildman–Crippen LogP) is 4.21. The Bertz CT molecular complexity index is 372. The third-order valence-electron chi connectivity index (χ3n) is 2.69. The normalized spacial score (nSPS) is 17.6. The summed E-state index contributed by atoms with van der Waals surface area (Å²) in [4.78, 5) is 0. The Morgan fingerprint density at radius 3 is 1.62 bits per heavy atom. The van der Waals surface area contributed by atoms with Gasteiger partial charge in [0.05, 0.1) is 5.56 Å². The van der Waals surface area contributed by atoms with E-state index in [-0.39, 0.29) is 5.56 Å². The first kappa shape index (κ1) is 11.4. The minimum atomic E-state index is -4.48. The van der Waals surface area contributed by atoms with E-state index in [9.17, 15) is 22.0 Å². The second kappa shape index (κ2) is 3.43. The van der Waals surface area contributed by atoms with E-state index < -0.39 is 23.6 Å². The molecule has 16 heavy (non-hydrogen) atoms. The molecule has 1 aliphatic rings. The zero-order chi connectivity index (χ0) is 12.0. The van der Waals surface area contributed by atoms with Crippen molar-refractivity contribution in [3.05, 3.63) is 35.4 Å². The van der Waals surface area contributed by atoms with Gasteiger partial charge in [-0.05, 0) is 25.0 Å². The molecule has 0 spiro atoms. The molecule has 0 unspecified atom stereocenters. The monoisotopic (exact) mass is 236 g/mol. The Hall–Kier alpha value is -1.13. The van der Waals surface area contributed by atoms with Gasteiger partial charge in [-0.15, -0.1) is 0 Å². The molecule has 0 N–H and O–H groups in total. The van der Waals surface area contributed by atoms with Crippen molar-refractivity contribution >= 4 is 0 Å². The van der Waals surface area contributed by atoms with Crippen LogP contribution in [0.2, 0.25) is 0 Å². The Morgan fingerprint density at radius 2 is 1.25 bits per heavy atom. The first-order chi connectivity index (χ1) is 7.32. The van der Waals surface area contributed by atoms with Gasteiger partial charge in [0.15, 0.2) is 0 Å². The van der Waals surface area contributed by atoms with Crippen molar-refractivity contribution in [2.45, 2.75) is 24.9 Å². The van der Waals surface area contributed by atoms with E-state index in [0.717, 1.165) is 12.1 Å². The van der Waals surface area contributed by atoms with Crippen molar-refractivity contribution in [1.82, 2.24) is 0 Å². The number of hydrogen-bond acceptors (Lipinski definition) is 0. The third kappa shape index (κ3) is 2.03. The molecule has 2 rings (SSSR count). The molecule has 1 aromatic rings. The maximum Gasteiger partial charge on any atom is 0.416 e. The lowest BCUT2D eigenvalue weighted by Gasteiger charge is -2.16. The molecule has 0 saturated heterocycles. The van der Waals surface area contributed by atoms with Crippen molar-refractivity contribution in [2.75, 3.05) is 0 Å². The van der Waals surface area contributed by atoms with Crippen LogP contribution in [0.1, 0.15) is 24.0 Å². The maximum atomic E-state index is 13.5. The lowest BCUT2D eigenvalue weighted by atomic mass is 10.0. The summed E-state index contributed by atoms with van der Waals surface area (Å²) in [6.45, 7) is 0. The van der Waals surface area contributed by atoms with Gasteiger partial charge in [-0.1, -0.05) is 12.1 Å². The molecule has 0 atom stereocenters. The summed E-state index contributed by atoms with van der Waals surface area (Å²) in [5, 5.41) is 0. The largest absolute Gasteiger partial charge is 0.416 e. The summed E-state index contributed by atoms with van der Waals surface area (Å²) in [6, 6.07) is 3.12. The van der Waals surface area contributed by atoms with Crippen molar-refractivity contribution in [3.63, 3.8) is 0 Å². The molecular weight excluding hydrogens is 227 g/mol. The first-order valence-electron chi connectivity index (χ1n) is 4.87. The molecule has 1 aliphatic carbocycles. The molecule has 0 radical (unpaired) electrons. The molecule has 0 nitrogen and oxygen atoms in total. The van der Waals surface area contributed by atoms with Crippen molar-refractivity contribution in [2.24, 2.45) is 5.92 Å². The van der Waals surface area contributed by atoms with Crippen LogP contribution < -0.4 is 0 Å². The van der Waals surface area contributed by atoms with Crippen molar-refractivity contribution in [3.8, 4) is 0 Å². The molecule has 1 saturated carbocycles. The Kier molecular flexibility index (Phi) is 2.44. The molecule has 0 aromatic heterocycles. The molecule has 5 heteroatoms. The maximum absolute atomic E-state index is 13.5. The summed E-state index contributed by atoms with van der Waals surface area (Å²) in [6.07, 6.45) is -3.60. The van der Waals surface area contributed by atoms with E-state index in [2.05, 4.69) is 0 Å². The third-order valence-corrected chi connectivity index (χ3v) is 2.69. The van der Waals surface area contributed by atoms with Gasteiger partial charge in [0.1, 0.15) is 0 Å². The summed E-state index contributed by atoms with van der Waals surface area (Å²) < 4.78 is 63.6. The van der Waals surface area contributed by atoms with Gasteiger partial charge < -0.3 is 0 Å². The van der Waals surface area contributed by atoms with Crippen LogP contribution in [0.25, 0.3) is 0 Å². The molecule has 88 valence electrons. The fourth-order valence-electron chi connectivity index (χ4n) is 1.56. The van der Waals surface area contributed by atoms with Gasteiger partial charge in [0.2, 0.25) is 0 Å². The molecule has 0 amide bonds. The van der Waals surface area contributed by atoms with Gasteiger partial charge in [0, 0.05) is 11.5 Å². The number of rotatable bonds is 2. The average Bonchev–Trinajstić information content (AvgIpc) is 3.00. The van der Waals surface area contributed by atoms with Gasteiger partial charge in [-0.3, -0.25) is 0 Å². The van der Waals surface area contributed by atoms with Crippen molar-refractivity contribution in [1.29, 1.82) is 0 Å².